The van der Waals surface area contributed by atoms with E-state index in [2.05, 4.69) is 16.0 Å². The van der Waals surface area contributed by atoms with E-state index in [-0.39, 0.29) is 11.7 Å². The van der Waals surface area contributed by atoms with Crippen LogP contribution in [0, 0.1) is 5.82 Å². The average Bonchev–Trinajstić information content (AvgIpc) is 2.89. The van der Waals surface area contributed by atoms with E-state index in [9.17, 15) is 9.18 Å². The third-order valence-electron chi connectivity index (χ3n) is 4.33. The van der Waals surface area contributed by atoms with Crippen LogP contribution in [0.5, 0.6) is 0 Å². The molecule has 0 bridgehead atoms. The third kappa shape index (κ3) is 4.97. The van der Waals surface area contributed by atoms with Crippen molar-refractivity contribution in [2.75, 3.05) is 32.7 Å². The summed E-state index contributed by atoms with van der Waals surface area (Å²) < 4.78 is 12.9. The van der Waals surface area contributed by atoms with Crippen LogP contribution in [0.2, 0.25) is 0 Å². The van der Waals surface area contributed by atoms with Gasteiger partial charge in [0.1, 0.15) is 5.82 Å². The Hall–Kier alpha value is -2.53. The number of nitrogens with zero attached hydrogens (tertiary/aromatic N) is 3. The first-order chi connectivity index (χ1) is 12.2. The molecule has 2 aromatic rings. The number of hydrogen-bond donors (Lipinski definition) is 0. The molecule has 25 heavy (non-hydrogen) atoms. The number of halogens is 1. The van der Waals surface area contributed by atoms with E-state index in [0.717, 1.165) is 44.7 Å². The van der Waals surface area contributed by atoms with Crippen LogP contribution < -0.4 is 0 Å². The van der Waals surface area contributed by atoms with Crippen LogP contribution in [0.1, 0.15) is 22.3 Å². The molecule has 1 aromatic heterocycles. The lowest BCUT2D eigenvalue weighted by molar-refractivity contribution is 0.0761. The van der Waals surface area contributed by atoms with Crippen LogP contribution in [-0.4, -0.2) is 53.4 Å². The normalized spacial score (nSPS) is 16.1. The molecule has 2 heterocycles. The molecule has 4 nitrogen and oxygen atoms in total. The molecule has 1 aromatic carbocycles. The van der Waals surface area contributed by atoms with E-state index in [1.165, 1.54) is 12.1 Å². The number of amides is 1. The van der Waals surface area contributed by atoms with E-state index in [4.69, 9.17) is 0 Å². The van der Waals surface area contributed by atoms with E-state index >= 15 is 0 Å². The summed E-state index contributed by atoms with van der Waals surface area (Å²) in [5, 5.41) is 0. The van der Waals surface area contributed by atoms with Crippen LogP contribution in [0.15, 0.2) is 54.9 Å². The Labute approximate surface area is 147 Å². The highest BCUT2D eigenvalue weighted by atomic mass is 19.1. The van der Waals surface area contributed by atoms with Gasteiger partial charge in [0, 0.05) is 45.1 Å². The summed E-state index contributed by atoms with van der Waals surface area (Å²) in [6, 6.07) is 10.1. The van der Waals surface area contributed by atoms with Gasteiger partial charge in [0.2, 0.25) is 0 Å². The standard InChI is InChI=1S/C20H22FN3O/c21-19-8-6-17(7-9-19)4-2-11-23-12-3-13-24(15-14-23)20(25)18-5-1-10-22-16-18/h1-2,4-10,16H,3,11-15H2. The van der Waals surface area contributed by atoms with Crippen LogP contribution in [0.3, 0.4) is 0 Å². The number of hydrogen-bond acceptors (Lipinski definition) is 3. The van der Waals surface area contributed by atoms with Gasteiger partial charge in [-0.25, -0.2) is 4.39 Å². The van der Waals surface area contributed by atoms with Gasteiger partial charge in [0.15, 0.2) is 0 Å². The molecule has 0 spiro atoms. The van der Waals surface area contributed by atoms with Gasteiger partial charge in [-0.3, -0.25) is 14.7 Å². The van der Waals surface area contributed by atoms with Crippen LogP contribution in [0.4, 0.5) is 4.39 Å². The second kappa shape index (κ2) is 8.53. The molecule has 1 aliphatic heterocycles. The first kappa shape index (κ1) is 17.3. The summed E-state index contributed by atoms with van der Waals surface area (Å²) in [7, 11) is 0. The zero-order valence-electron chi connectivity index (χ0n) is 14.1. The maximum absolute atomic E-state index is 12.9. The second-order valence-electron chi connectivity index (χ2n) is 6.14. The molecule has 0 N–H and O–H groups in total. The fourth-order valence-corrected chi connectivity index (χ4v) is 2.94. The molecular formula is C20H22FN3O. The monoisotopic (exact) mass is 339 g/mol. The fraction of sp³-hybridized carbons (Fsp3) is 0.300. The third-order valence-corrected chi connectivity index (χ3v) is 4.33. The minimum absolute atomic E-state index is 0.0526. The topological polar surface area (TPSA) is 36.4 Å². The van der Waals surface area contributed by atoms with Crippen molar-refractivity contribution >= 4 is 12.0 Å². The van der Waals surface area contributed by atoms with E-state index < -0.39 is 0 Å². The number of benzene rings is 1. The highest BCUT2D eigenvalue weighted by Crippen LogP contribution is 2.09. The second-order valence-corrected chi connectivity index (χ2v) is 6.14. The molecule has 1 aliphatic rings. The Kier molecular flexibility index (Phi) is 5.90. The lowest BCUT2D eigenvalue weighted by Gasteiger charge is -2.21. The van der Waals surface area contributed by atoms with Gasteiger partial charge in [-0.2, -0.15) is 0 Å². The maximum Gasteiger partial charge on any atom is 0.255 e. The molecule has 5 heteroatoms. The first-order valence-electron chi connectivity index (χ1n) is 8.56. The van der Waals surface area contributed by atoms with Crippen molar-refractivity contribution in [2.24, 2.45) is 0 Å². The largest absolute Gasteiger partial charge is 0.337 e. The Bertz CT molecular complexity index is 715. The van der Waals surface area contributed by atoms with Crippen LogP contribution in [0.25, 0.3) is 6.08 Å². The lowest BCUT2D eigenvalue weighted by Crippen LogP contribution is -2.35. The number of aromatic nitrogens is 1. The molecule has 1 fully saturated rings. The molecule has 0 saturated carbocycles. The minimum Gasteiger partial charge on any atom is -0.337 e. The average molecular weight is 339 g/mol. The molecule has 1 saturated heterocycles. The smallest absolute Gasteiger partial charge is 0.255 e. The molecule has 0 aliphatic carbocycles. The predicted octanol–water partition coefficient (Wildman–Crippen LogP) is 3.08. The summed E-state index contributed by atoms with van der Waals surface area (Å²) in [6.45, 7) is 4.13. The van der Waals surface area contributed by atoms with Crippen molar-refractivity contribution in [1.82, 2.24) is 14.8 Å². The van der Waals surface area contributed by atoms with Crippen LogP contribution in [-0.2, 0) is 0 Å². The van der Waals surface area contributed by atoms with Gasteiger partial charge >= 0.3 is 0 Å². The number of rotatable bonds is 4. The van der Waals surface area contributed by atoms with E-state index in [0.29, 0.717) is 5.56 Å². The minimum atomic E-state index is -0.219. The predicted molar refractivity (Wildman–Crippen MR) is 96.6 cm³/mol. The highest BCUT2D eigenvalue weighted by molar-refractivity contribution is 5.93. The lowest BCUT2D eigenvalue weighted by atomic mass is 10.2. The maximum atomic E-state index is 12.9. The Morgan fingerprint density at radius 1 is 1.12 bits per heavy atom. The van der Waals surface area contributed by atoms with Crippen LogP contribution >= 0.6 is 0 Å². The summed E-state index contributed by atoms with van der Waals surface area (Å²) in [5.41, 5.74) is 1.64. The zero-order chi connectivity index (χ0) is 17.5. The number of carbonyl (C=O) groups is 1. The molecule has 0 unspecified atom stereocenters. The zero-order valence-corrected chi connectivity index (χ0v) is 14.1. The van der Waals surface area contributed by atoms with Gasteiger partial charge < -0.3 is 4.90 Å². The van der Waals surface area contributed by atoms with Gasteiger partial charge in [-0.1, -0.05) is 24.3 Å². The summed E-state index contributed by atoms with van der Waals surface area (Å²) in [4.78, 5) is 20.8. The SMILES string of the molecule is O=C(c1cccnc1)N1CCCN(CC=Cc2ccc(F)cc2)CC1. The van der Waals surface area contributed by atoms with Crippen molar-refractivity contribution < 1.29 is 9.18 Å². The molecular weight excluding hydrogens is 317 g/mol. The number of carbonyl (C=O) groups excluding carboxylic acids is 1. The van der Waals surface area contributed by atoms with Gasteiger partial charge in [-0.05, 0) is 36.2 Å². The Morgan fingerprint density at radius 3 is 2.72 bits per heavy atom. The highest BCUT2D eigenvalue weighted by Gasteiger charge is 2.19. The van der Waals surface area contributed by atoms with E-state index in [1.807, 2.05) is 17.0 Å². The molecule has 0 atom stereocenters. The first-order valence-corrected chi connectivity index (χ1v) is 8.56. The summed E-state index contributed by atoms with van der Waals surface area (Å²) >= 11 is 0. The fourth-order valence-electron chi connectivity index (χ4n) is 2.94. The van der Waals surface area contributed by atoms with Crippen molar-refractivity contribution in [3.05, 3.63) is 71.8 Å². The van der Waals surface area contributed by atoms with Crippen molar-refractivity contribution in [1.29, 1.82) is 0 Å². The van der Waals surface area contributed by atoms with Crippen molar-refractivity contribution in [3.8, 4) is 0 Å². The summed E-state index contributed by atoms with van der Waals surface area (Å²) in [5.74, 6) is -0.167. The molecule has 1 amide bonds. The Balaban J connectivity index is 1.51. The quantitative estimate of drug-likeness (QED) is 0.859. The van der Waals surface area contributed by atoms with Crippen molar-refractivity contribution in [2.45, 2.75) is 6.42 Å². The Morgan fingerprint density at radius 2 is 1.96 bits per heavy atom. The molecule has 3 rings (SSSR count). The van der Waals surface area contributed by atoms with Crippen molar-refractivity contribution in [3.63, 3.8) is 0 Å². The molecule has 0 radical (unpaired) electrons. The van der Waals surface area contributed by atoms with Gasteiger partial charge in [-0.15, -0.1) is 0 Å². The summed E-state index contributed by atoms with van der Waals surface area (Å²) in [6.07, 6.45) is 8.34. The van der Waals surface area contributed by atoms with Gasteiger partial charge in [0.05, 0.1) is 5.56 Å². The molecule has 130 valence electrons. The number of pyridine rings is 1. The van der Waals surface area contributed by atoms with E-state index in [1.54, 1.807) is 30.6 Å². The van der Waals surface area contributed by atoms with Gasteiger partial charge in [0.25, 0.3) is 5.91 Å².